The van der Waals surface area contributed by atoms with Crippen molar-refractivity contribution in [3.05, 3.63) is 42.0 Å². The van der Waals surface area contributed by atoms with E-state index in [9.17, 15) is 0 Å². The summed E-state index contributed by atoms with van der Waals surface area (Å²) in [6.07, 6.45) is 6.22. The number of methoxy groups -OCH3 is 1. The zero-order chi connectivity index (χ0) is 13.9. The topological polar surface area (TPSA) is 62.3 Å². The molecule has 0 amide bonds. The molecule has 1 aliphatic rings. The average molecular weight is 273 g/mol. The third-order valence-corrected chi connectivity index (χ3v) is 3.55. The number of benzene rings is 1. The third kappa shape index (κ3) is 2.63. The Hall–Kier alpha value is -2.01. The summed E-state index contributed by atoms with van der Waals surface area (Å²) in [4.78, 5) is 4.20. The van der Waals surface area contributed by atoms with Gasteiger partial charge in [-0.25, -0.2) is 4.98 Å². The molecule has 0 spiro atoms. The summed E-state index contributed by atoms with van der Waals surface area (Å²) in [6.45, 7) is 0.935. The molecule has 0 saturated heterocycles. The van der Waals surface area contributed by atoms with Gasteiger partial charge in [-0.15, -0.1) is 0 Å². The van der Waals surface area contributed by atoms with Crippen LogP contribution in [-0.2, 0) is 13.2 Å². The highest BCUT2D eigenvalue weighted by Crippen LogP contribution is 2.36. The number of nitrogens with zero attached hydrogens (tertiary/aromatic N) is 2. The normalized spacial score (nSPS) is 14.3. The van der Waals surface area contributed by atoms with E-state index in [1.54, 1.807) is 7.11 Å². The van der Waals surface area contributed by atoms with E-state index < -0.39 is 0 Å². The lowest BCUT2D eigenvalue weighted by Crippen LogP contribution is -2.06. The van der Waals surface area contributed by atoms with Gasteiger partial charge in [0.05, 0.1) is 25.3 Å². The minimum absolute atomic E-state index is 0.425. The molecule has 1 fully saturated rings. The molecule has 20 heavy (non-hydrogen) atoms. The van der Waals surface area contributed by atoms with Crippen molar-refractivity contribution in [2.75, 3.05) is 7.11 Å². The molecule has 1 aliphatic carbocycles. The number of imidazole rings is 1. The van der Waals surface area contributed by atoms with Crippen LogP contribution in [0.25, 0.3) is 0 Å². The van der Waals surface area contributed by atoms with E-state index in [0.717, 1.165) is 22.8 Å². The summed E-state index contributed by atoms with van der Waals surface area (Å²) in [5.74, 6) is 1.60. The number of hydrogen-bond acceptors (Lipinski definition) is 4. The Balaban J connectivity index is 1.72. The van der Waals surface area contributed by atoms with E-state index in [2.05, 4.69) is 9.55 Å². The minimum atomic E-state index is 0.425. The largest absolute Gasteiger partial charge is 0.497 e. The van der Waals surface area contributed by atoms with Gasteiger partial charge >= 0.3 is 0 Å². The monoisotopic (exact) mass is 273 g/mol. The van der Waals surface area contributed by atoms with E-state index in [4.69, 9.17) is 15.2 Å². The van der Waals surface area contributed by atoms with Gasteiger partial charge in [0.2, 0.25) is 0 Å². The molecule has 0 bridgehead atoms. The van der Waals surface area contributed by atoms with Gasteiger partial charge in [0, 0.05) is 18.2 Å². The molecule has 0 atom stereocenters. The van der Waals surface area contributed by atoms with E-state index in [1.807, 2.05) is 30.7 Å². The molecule has 2 aromatic rings. The van der Waals surface area contributed by atoms with Crippen LogP contribution in [0.15, 0.2) is 30.7 Å². The highest BCUT2D eigenvalue weighted by molar-refractivity contribution is 5.40. The Kier molecular flexibility index (Phi) is 3.60. The SMILES string of the molecule is COc1ccc(OCc2cncn2C2CC2)c(CN)c1. The van der Waals surface area contributed by atoms with Crippen molar-refractivity contribution >= 4 is 0 Å². The Morgan fingerprint density at radius 1 is 1.40 bits per heavy atom. The molecule has 1 aromatic carbocycles. The summed E-state index contributed by atoms with van der Waals surface area (Å²) in [5.41, 5.74) is 7.81. The zero-order valence-electron chi connectivity index (χ0n) is 11.6. The average Bonchev–Trinajstić information content (AvgIpc) is 3.23. The first-order chi connectivity index (χ1) is 9.81. The van der Waals surface area contributed by atoms with Gasteiger partial charge < -0.3 is 19.8 Å². The highest BCUT2D eigenvalue weighted by atomic mass is 16.5. The van der Waals surface area contributed by atoms with Crippen molar-refractivity contribution in [3.8, 4) is 11.5 Å². The van der Waals surface area contributed by atoms with Crippen LogP contribution in [0, 0.1) is 0 Å². The van der Waals surface area contributed by atoms with Gasteiger partial charge in [-0.2, -0.15) is 0 Å². The Labute approximate surface area is 118 Å². The van der Waals surface area contributed by atoms with E-state index >= 15 is 0 Å². The van der Waals surface area contributed by atoms with Crippen LogP contribution in [0.2, 0.25) is 0 Å². The number of hydrogen-bond donors (Lipinski definition) is 1. The van der Waals surface area contributed by atoms with Crippen molar-refractivity contribution in [2.24, 2.45) is 5.73 Å². The minimum Gasteiger partial charge on any atom is -0.497 e. The molecule has 1 heterocycles. The Bertz CT molecular complexity index is 591. The fraction of sp³-hybridized carbons (Fsp3) is 0.400. The van der Waals surface area contributed by atoms with Crippen molar-refractivity contribution in [3.63, 3.8) is 0 Å². The molecule has 3 rings (SSSR count). The third-order valence-electron chi connectivity index (χ3n) is 3.55. The molecule has 0 unspecified atom stereocenters. The molecule has 2 N–H and O–H groups in total. The fourth-order valence-corrected chi connectivity index (χ4v) is 2.26. The van der Waals surface area contributed by atoms with Crippen LogP contribution < -0.4 is 15.2 Å². The second kappa shape index (κ2) is 5.54. The van der Waals surface area contributed by atoms with Crippen LogP contribution in [-0.4, -0.2) is 16.7 Å². The molecule has 5 nitrogen and oxygen atoms in total. The molecule has 1 saturated carbocycles. The van der Waals surface area contributed by atoms with Crippen LogP contribution in [0.1, 0.15) is 30.1 Å². The first kappa shape index (κ1) is 13.0. The zero-order valence-corrected chi connectivity index (χ0v) is 11.6. The maximum absolute atomic E-state index is 5.89. The van der Waals surface area contributed by atoms with Crippen molar-refractivity contribution in [2.45, 2.75) is 32.0 Å². The summed E-state index contributed by atoms with van der Waals surface area (Å²) in [5, 5.41) is 0. The Morgan fingerprint density at radius 2 is 2.25 bits per heavy atom. The summed E-state index contributed by atoms with van der Waals surface area (Å²) in [7, 11) is 1.64. The molecule has 5 heteroatoms. The van der Waals surface area contributed by atoms with Crippen molar-refractivity contribution < 1.29 is 9.47 Å². The molecule has 1 aromatic heterocycles. The van der Waals surface area contributed by atoms with Crippen LogP contribution in [0.5, 0.6) is 11.5 Å². The molecule has 106 valence electrons. The van der Waals surface area contributed by atoms with Crippen molar-refractivity contribution in [1.82, 2.24) is 9.55 Å². The van der Waals surface area contributed by atoms with E-state index in [1.165, 1.54) is 12.8 Å². The number of nitrogens with two attached hydrogens (primary N) is 1. The molecule has 0 aliphatic heterocycles. The van der Waals surface area contributed by atoms with Gasteiger partial charge in [0.1, 0.15) is 18.1 Å². The van der Waals surface area contributed by atoms with Gasteiger partial charge in [0.25, 0.3) is 0 Å². The first-order valence-electron chi connectivity index (χ1n) is 6.82. The maximum Gasteiger partial charge on any atom is 0.130 e. The van der Waals surface area contributed by atoms with Gasteiger partial charge in [-0.05, 0) is 31.0 Å². The van der Waals surface area contributed by atoms with Gasteiger partial charge in [-0.1, -0.05) is 0 Å². The standard InChI is InChI=1S/C15H19N3O2/c1-19-14-4-5-15(11(6-14)7-16)20-9-13-8-17-10-18(13)12-2-3-12/h4-6,8,10,12H,2-3,7,9,16H2,1H3. The fourth-order valence-electron chi connectivity index (χ4n) is 2.26. The van der Waals surface area contributed by atoms with E-state index in [-0.39, 0.29) is 0 Å². The second-order valence-corrected chi connectivity index (χ2v) is 4.99. The Morgan fingerprint density at radius 3 is 2.95 bits per heavy atom. The van der Waals surface area contributed by atoms with Gasteiger partial charge in [0.15, 0.2) is 0 Å². The summed E-state index contributed by atoms with van der Waals surface area (Å²) < 4.78 is 13.3. The van der Waals surface area contributed by atoms with Gasteiger partial charge in [-0.3, -0.25) is 0 Å². The number of ether oxygens (including phenoxy) is 2. The lowest BCUT2D eigenvalue weighted by molar-refractivity contribution is 0.291. The quantitative estimate of drug-likeness (QED) is 0.877. The second-order valence-electron chi connectivity index (χ2n) is 4.99. The van der Waals surface area contributed by atoms with Crippen LogP contribution in [0.3, 0.4) is 0 Å². The molecular weight excluding hydrogens is 254 g/mol. The number of aromatic nitrogens is 2. The number of rotatable bonds is 6. The van der Waals surface area contributed by atoms with Crippen molar-refractivity contribution in [1.29, 1.82) is 0 Å². The molecular formula is C15H19N3O2. The molecule has 0 radical (unpaired) electrons. The first-order valence-corrected chi connectivity index (χ1v) is 6.82. The summed E-state index contributed by atoms with van der Waals surface area (Å²) in [6, 6.07) is 6.31. The smallest absolute Gasteiger partial charge is 0.130 e. The highest BCUT2D eigenvalue weighted by Gasteiger charge is 2.25. The predicted octanol–water partition coefficient (Wildman–Crippen LogP) is 2.26. The maximum atomic E-state index is 5.89. The predicted molar refractivity (Wildman–Crippen MR) is 75.7 cm³/mol. The van der Waals surface area contributed by atoms with E-state index in [0.29, 0.717) is 19.2 Å². The van der Waals surface area contributed by atoms with Crippen LogP contribution in [0.4, 0.5) is 0 Å². The summed E-state index contributed by atoms with van der Waals surface area (Å²) >= 11 is 0. The lowest BCUT2D eigenvalue weighted by atomic mass is 10.2. The van der Waals surface area contributed by atoms with Crippen LogP contribution >= 0.6 is 0 Å². The lowest BCUT2D eigenvalue weighted by Gasteiger charge is -2.13.